The van der Waals surface area contributed by atoms with E-state index < -0.39 is 0 Å². The number of anilines is 1. The molecule has 0 aliphatic carbocycles. The quantitative estimate of drug-likeness (QED) is 0.798. The van der Waals surface area contributed by atoms with Crippen molar-refractivity contribution in [2.45, 2.75) is 25.8 Å². The van der Waals surface area contributed by atoms with Gasteiger partial charge >= 0.3 is 0 Å². The average Bonchev–Trinajstić information content (AvgIpc) is 3.05. The van der Waals surface area contributed by atoms with Crippen molar-refractivity contribution in [3.05, 3.63) is 24.3 Å². The molecule has 4 heteroatoms. The van der Waals surface area contributed by atoms with Gasteiger partial charge in [-0.2, -0.15) is 0 Å². The van der Waals surface area contributed by atoms with E-state index in [2.05, 4.69) is 36.3 Å². The second-order valence-electron chi connectivity index (χ2n) is 5.77. The van der Waals surface area contributed by atoms with Crippen LogP contribution in [0, 0.1) is 5.92 Å². The van der Waals surface area contributed by atoms with Crippen LogP contribution in [0.25, 0.3) is 0 Å². The molecule has 0 spiro atoms. The van der Waals surface area contributed by atoms with Crippen LogP contribution < -0.4 is 15.0 Å². The molecule has 1 N–H and O–H groups in total. The number of ether oxygens (including phenoxy) is 2. The maximum Gasteiger partial charge on any atom is 0.120 e. The smallest absolute Gasteiger partial charge is 0.120 e. The number of nitrogens with zero attached hydrogens (tertiary/aromatic N) is 1. The molecule has 4 nitrogen and oxygen atoms in total. The van der Waals surface area contributed by atoms with Crippen LogP contribution in [0.15, 0.2) is 24.3 Å². The predicted octanol–water partition coefficient (Wildman–Crippen LogP) is 2.54. The van der Waals surface area contributed by atoms with E-state index in [0.717, 1.165) is 44.9 Å². The van der Waals surface area contributed by atoms with E-state index in [1.54, 1.807) is 7.11 Å². The van der Waals surface area contributed by atoms with Crippen molar-refractivity contribution in [2.24, 2.45) is 5.92 Å². The highest BCUT2D eigenvalue weighted by Gasteiger charge is 2.26. The first kappa shape index (κ1) is 16.1. The van der Waals surface area contributed by atoms with Crippen LogP contribution in [-0.2, 0) is 4.74 Å². The molecular formula is C17H28N2O2. The lowest BCUT2D eigenvalue weighted by molar-refractivity contribution is 0.177. The van der Waals surface area contributed by atoms with E-state index in [1.807, 2.05) is 12.1 Å². The first-order valence-corrected chi connectivity index (χ1v) is 7.91. The van der Waals surface area contributed by atoms with Crippen LogP contribution in [0.5, 0.6) is 5.75 Å². The first-order chi connectivity index (χ1) is 10.2. The van der Waals surface area contributed by atoms with Crippen LogP contribution >= 0.6 is 0 Å². The maximum absolute atomic E-state index is 5.56. The minimum atomic E-state index is 0.476. The molecule has 0 bridgehead atoms. The Hall–Kier alpha value is -1.26. The number of likely N-dealkylation sites (N-methyl/N-ethyl adjacent to an activating group) is 1. The zero-order valence-corrected chi connectivity index (χ0v) is 13.5. The zero-order chi connectivity index (χ0) is 15.1. The van der Waals surface area contributed by atoms with Crippen LogP contribution in [0.4, 0.5) is 5.69 Å². The maximum atomic E-state index is 5.56. The molecule has 1 aromatic rings. The summed E-state index contributed by atoms with van der Waals surface area (Å²) in [5.74, 6) is 1.52. The molecule has 0 amide bonds. The van der Waals surface area contributed by atoms with Gasteiger partial charge in [0, 0.05) is 43.9 Å². The molecule has 0 aromatic heterocycles. The molecule has 0 radical (unpaired) electrons. The molecule has 2 rings (SSSR count). The van der Waals surface area contributed by atoms with E-state index >= 15 is 0 Å². The molecule has 21 heavy (non-hydrogen) atoms. The topological polar surface area (TPSA) is 33.7 Å². The molecule has 1 aliphatic heterocycles. The van der Waals surface area contributed by atoms with Gasteiger partial charge in [0.2, 0.25) is 0 Å². The Bertz CT molecular complexity index is 419. The SMILES string of the molecule is CCCNC(CN(C)c1cccc(OC)c1)C1CCOC1. The fourth-order valence-corrected chi connectivity index (χ4v) is 2.83. The zero-order valence-electron chi connectivity index (χ0n) is 13.5. The van der Waals surface area contributed by atoms with Crippen LogP contribution in [0.2, 0.25) is 0 Å². The predicted molar refractivity (Wildman–Crippen MR) is 87.3 cm³/mol. The van der Waals surface area contributed by atoms with Gasteiger partial charge in [-0.3, -0.25) is 0 Å². The van der Waals surface area contributed by atoms with Gasteiger partial charge in [-0.1, -0.05) is 13.0 Å². The lowest BCUT2D eigenvalue weighted by atomic mass is 9.98. The van der Waals surface area contributed by atoms with Crippen molar-refractivity contribution in [2.75, 3.05) is 45.4 Å². The van der Waals surface area contributed by atoms with E-state index in [4.69, 9.17) is 9.47 Å². The minimum absolute atomic E-state index is 0.476. The summed E-state index contributed by atoms with van der Waals surface area (Å²) in [6.45, 7) is 6.04. The van der Waals surface area contributed by atoms with Crippen molar-refractivity contribution in [1.29, 1.82) is 0 Å². The van der Waals surface area contributed by atoms with Crippen molar-refractivity contribution in [3.8, 4) is 5.75 Å². The lowest BCUT2D eigenvalue weighted by Crippen LogP contribution is -2.45. The number of benzene rings is 1. The Labute approximate surface area is 128 Å². The monoisotopic (exact) mass is 292 g/mol. The van der Waals surface area contributed by atoms with Crippen LogP contribution in [0.3, 0.4) is 0 Å². The van der Waals surface area contributed by atoms with Gasteiger partial charge in [-0.15, -0.1) is 0 Å². The third kappa shape index (κ3) is 4.61. The molecule has 1 fully saturated rings. The van der Waals surface area contributed by atoms with E-state index in [0.29, 0.717) is 12.0 Å². The highest BCUT2D eigenvalue weighted by molar-refractivity contribution is 5.50. The van der Waals surface area contributed by atoms with E-state index in [1.165, 1.54) is 5.69 Å². The molecule has 1 saturated heterocycles. The normalized spacial score (nSPS) is 19.5. The fourth-order valence-electron chi connectivity index (χ4n) is 2.83. The van der Waals surface area contributed by atoms with Gasteiger partial charge in [0.05, 0.1) is 13.7 Å². The third-order valence-electron chi connectivity index (χ3n) is 4.16. The summed E-state index contributed by atoms with van der Waals surface area (Å²) >= 11 is 0. The Balaban J connectivity index is 1.99. The first-order valence-electron chi connectivity index (χ1n) is 7.91. The summed E-state index contributed by atoms with van der Waals surface area (Å²) in [5.41, 5.74) is 1.19. The Morgan fingerprint density at radius 3 is 3.00 bits per heavy atom. The van der Waals surface area contributed by atoms with Gasteiger partial charge in [-0.25, -0.2) is 0 Å². The van der Waals surface area contributed by atoms with Gasteiger partial charge in [-0.05, 0) is 31.5 Å². The second kappa shape index (κ2) is 8.25. The summed E-state index contributed by atoms with van der Waals surface area (Å²) in [6, 6.07) is 8.71. The Kier molecular flexibility index (Phi) is 6.33. The molecule has 1 heterocycles. The average molecular weight is 292 g/mol. The minimum Gasteiger partial charge on any atom is -0.497 e. The highest BCUT2D eigenvalue weighted by atomic mass is 16.5. The van der Waals surface area contributed by atoms with E-state index in [9.17, 15) is 0 Å². The van der Waals surface area contributed by atoms with Crippen LogP contribution in [-0.4, -0.2) is 46.5 Å². The van der Waals surface area contributed by atoms with E-state index in [-0.39, 0.29) is 0 Å². The van der Waals surface area contributed by atoms with Crippen molar-refractivity contribution in [1.82, 2.24) is 5.32 Å². The van der Waals surface area contributed by atoms with Crippen LogP contribution in [0.1, 0.15) is 19.8 Å². The second-order valence-corrected chi connectivity index (χ2v) is 5.77. The summed E-state index contributed by atoms with van der Waals surface area (Å²) in [4.78, 5) is 2.30. The number of nitrogens with one attached hydrogen (secondary N) is 1. The van der Waals surface area contributed by atoms with Crippen molar-refractivity contribution >= 4 is 5.69 Å². The number of hydrogen-bond acceptors (Lipinski definition) is 4. The third-order valence-corrected chi connectivity index (χ3v) is 4.16. The number of hydrogen-bond donors (Lipinski definition) is 1. The van der Waals surface area contributed by atoms with Gasteiger partial charge < -0.3 is 19.7 Å². The summed E-state index contributed by atoms with van der Waals surface area (Å²) in [5, 5.41) is 3.69. The van der Waals surface area contributed by atoms with Gasteiger partial charge in [0.25, 0.3) is 0 Å². The largest absolute Gasteiger partial charge is 0.497 e. The standard InChI is InChI=1S/C17H28N2O2/c1-4-9-18-17(14-8-10-21-13-14)12-19(2)15-6-5-7-16(11-15)20-3/h5-7,11,14,17-18H,4,8-10,12-13H2,1-3H3. The van der Waals surface area contributed by atoms with Crippen molar-refractivity contribution < 1.29 is 9.47 Å². The number of methoxy groups -OCH3 is 1. The molecule has 2 unspecified atom stereocenters. The fraction of sp³-hybridized carbons (Fsp3) is 0.647. The van der Waals surface area contributed by atoms with Gasteiger partial charge in [0.1, 0.15) is 5.75 Å². The Morgan fingerprint density at radius 1 is 1.48 bits per heavy atom. The summed E-state index contributed by atoms with van der Waals surface area (Å²) in [6.07, 6.45) is 2.32. The highest BCUT2D eigenvalue weighted by Crippen LogP contribution is 2.23. The molecule has 1 aromatic carbocycles. The molecule has 1 aliphatic rings. The molecule has 118 valence electrons. The number of rotatable bonds is 8. The molecule has 2 atom stereocenters. The lowest BCUT2D eigenvalue weighted by Gasteiger charge is -2.30. The van der Waals surface area contributed by atoms with Gasteiger partial charge in [0.15, 0.2) is 0 Å². The summed E-state index contributed by atoms with van der Waals surface area (Å²) in [7, 11) is 3.85. The Morgan fingerprint density at radius 2 is 2.33 bits per heavy atom. The molecule has 0 saturated carbocycles. The van der Waals surface area contributed by atoms with Crippen molar-refractivity contribution in [3.63, 3.8) is 0 Å². The molecular weight excluding hydrogens is 264 g/mol. The summed E-state index contributed by atoms with van der Waals surface area (Å²) < 4.78 is 10.9.